The molecule has 4 aliphatic rings. The van der Waals surface area contributed by atoms with Crippen LogP contribution in [0.3, 0.4) is 0 Å². The summed E-state index contributed by atoms with van der Waals surface area (Å²) in [4.78, 5) is 44.1. The number of benzene rings is 2. The van der Waals surface area contributed by atoms with E-state index in [1.54, 1.807) is 0 Å². The van der Waals surface area contributed by atoms with Crippen LogP contribution in [0.15, 0.2) is 36.4 Å². The van der Waals surface area contributed by atoms with Gasteiger partial charge in [0, 0.05) is 17.3 Å². The second kappa shape index (κ2) is 6.14. The molecule has 3 saturated heterocycles. The Labute approximate surface area is 183 Å². The lowest BCUT2D eigenvalue weighted by Crippen LogP contribution is -2.54. The van der Waals surface area contributed by atoms with Gasteiger partial charge in [0.25, 0.3) is 0 Å². The minimum absolute atomic E-state index is 0.160. The topological polar surface area (TPSA) is 69.7 Å². The molecular weight excluding hydrogens is 421 g/mol. The molecule has 0 aromatic heterocycles. The SMILES string of the molecule is Cc1ccc2c(c1)[C@]1(C(=O)N2)[C@@H]2C(=O)N(c3ccc(F)c(Cl)c3)C(=O)[C@H]2[C@@H]2CCCN21. The second-order valence-electron chi connectivity index (χ2n) is 8.79. The lowest BCUT2D eigenvalue weighted by Gasteiger charge is -2.36. The molecule has 3 amide bonds. The summed E-state index contributed by atoms with van der Waals surface area (Å²) in [5.74, 6) is -3.12. The monoisotopic (exact) mass is 439 g/mol. The zero-order valence-electron chi connectivity index (χ0n) is 16.7. The van der Waals surface area contributed by atoms with Gasteiger partial charge in [0.2, 0.25) is 17.7 Å². The summed E-state index contributed by atoms with van der Waals surface area (Å²) in [7, 11) is 0. The predicted molar refractivity (Wildman–Crippen MR) is 112 cm³/mol. The number of nitrogens with one attached hydrogen (secondary N) is 1. The Morgan fingerprint density at radius 2 is 1.94 bits per heavy atom. The van der Waals surface area contributed by atoms with Crippen LogP contribution in [0.25, 0.3) is 0 Å². The van der Waals surface area contributed by atoms with Crippen LogP contribution in [0.5, 0.6) is 0 Å². The van der Waals surface area contributed by atoms with Crippen LogP contribution in [0, 0.1) is 24.6 Å². The van der Waals surface area contributed by atoms with Gasteiger partial charge in [0.1, 0.15) is 11.4 Å². The Bertz CT molecular complexity index is 1200. The van der Waals surface area contributed by atoms with Crippen molar-refractivity contribution in [1.29, 1.82) is 0 Å². The van der Waals surface area contributed by atoms with E-state index in [1.165, 1.54) is 12.1 Å². The molecule has 158 valence electrons. The summed E-state index contributed by atoms with van der Waals surface area (Å²) >= 11 is 5.93. The number of carbonyl (C=O) groups is 3. The predicted octanol–water partition coefficient (Wildman–Crippen LogP) is 3.22. The summed E-state index contributed by atoms with van der Waals surface area (Å²) in [6.45, 7) is 2.60. The molecule has 0 unspecified atom stereocenters. The maximum Gasteiger partial charge on any atom is 0.250 e. The zero-order chi connectivity index (χ0) is 21.7. The van der Waals surface area contributed by atoms with Crippen LogP contribution >= 0.6 is 11.6 Å². The summed E-state index contributed by atoms with van der Waals surface area (Å²) in [6, 6.07) is 9.34. The highest BCUT2D eigenvalue weighted by molar-refractivity contribution is 6.32. The van der Waals surface area contributed by atoms with Gasteiger partial charge in [-0.25, -0.2) is 9.29 Å². The molecular formula is C23H19ClFN3O3. The van der Waals surface area contributed by atoms with E-state index in [0.717, 1.165) is 34.9 Å². The van der Waals surface area contributed by atoms with Gasteiger partial charge in [-0.1, -0.05) is 29.3 Å². The van der Waals surface area contributed by atoms with Crippen molar-refractivity contribution in [3.05, 3.63) is 58.4 Å². The quantitative estimate of drug-likeness (QED) is 0.693. The molecule has 0 bridgehead atoms. The highest BCUT2D eigenvalue weighted by atomic mass is 35.5. The smallest absolute Gasteiger partial charge is 0.250 e. The zero-order valence-corrected chi connectivity index (χ0v) is 17.4. The molecule has 8 heteroatoms. The van der Waals surface area contributed by atoms with Crippen molar-refractivity contribution >= 4 is 40.7 Å². The molecule has 6 nitrogen and oxygen atoms in total. The van der Waals surface area contributed by atoms with Crippen LogP contribution in [0.4, 0.5) is 15.8 Å². The van der Waals surface area contributed by atoms with E-state index in [2.05, 4.69) is 10.2 Å². The third-order valence-corrected chi connectivity index (χ3v) is 7.60. The van der Waals surface area contributed by atoms with Crippen molar-refractivity contribution in [2.75, 3.05) is 16.8 Å². The number of hydrogen-bond donors (Lipinski definition) is 1. The lowest BCUT2D eigenvalue weighted by atomic mass is 9.75. The van der Waals surface area contributed by atoms with E-state index >= 15 is 0 Å². The molecule has 1 spiro atoms. The van der Waals surface area contributed by atoms with Gasteiger partial charge in [-0.05, 0) is 50.6 Å². The van der Waals surface area contributed by atoms with Gasteiger partial charge in [-0.15, -0.1) is 0 Å². The molecule has 2 aromatic carbocycles. The Kier molecular flexibility index (Phi) is 3.76. The number of halogens is 2. The van der Waals surface area contributed by atoms with Gasteiger partial charge < -0.3 is 5.32 Å². The molecule has 2 aromatic rings. The van der Waals surface area contributed by atoms with E-state index in [1.807, 2.05) is 25.1 Å². The molecule has 4 atom stereocenters. The maximum absolute atomic E-state index is 13.8. The van der Waals surface area contributed by atoms with Crippen LogP contribution in [0.2, 0.25) is 5.02 Å². The molecule has 6 rings (SSSR count). The lowest BCUT2D eigenvalue weighted by molar-refractivity contribution is -0.135. The van der Waals surface area contributed by atoms with Crippen LogP contribution in [-0.2, 0) is 19.9 Å². The summed E-state index contributed by atoms with van der Waals surface area (Å²) < 4.78 is 13.7. The number of rotatable bonds is 1. The average molecular weight is 440 g/mol. The first-order valence-electron chi connectivity index (χ1n) is 10.4. The Balaban J connectivity index is 1.56. The van der Waals surface area contributed by atoms with Crippen LogP contribution in [0.1, 0.15) is 24.0 Å². The van der Waals surface area contributed by atoms with Crippen molar-refractivity contribution in [1.82, 2.24) is 4.90 Å². The van der Waals surface area contributed by atoms with Gasteiger partial charge in [0.15, 0.2) is 0 Å². The normalized spacial score (nSPS) is 31.4. The van der Waals surface area contributed by atoms with Gasteiger partial charge in [0.05, 0.1) is 22.5 Å². The van der Waals surface area contributed by atoms with Crippen molar-refractivity contribution in [2.45, 2.75) is 31.3 Å². The van der Waals surface area contributed by atoms with E-state index in [0.29, 0.717) is 12.2 Å². The van der Waals surface area contributed by atoms with Crippen LogP contribution in [-0.4, -0.2) is 35.2 Å². The number of carbonyl (C=O) groups excluding carboxylic acids is 3. The molecule has 4 heterocycles. The minimum atomic E-state index is -1.21. The average Bonchev–Trinajstić information content (AvgIpc) is 3.43. The number of imide groups is 1. The number of nitrogens with zero attached hydrogens (tertiary/aromatic N) is 2. The van der Waals surface area contributed by atoms with Crippen molar-refractivity contribution < 1.29 is 18.8 Å². The second-order valence-corrected chi connectivity index (χ2v) is 9.19. The van der Waals surface area contributed by atoms with Gasteiger partial charge in [-0.2, -0.15) is 0 Å². The maximum atomic E-state index is 13.8. The van der Waals surface area contributed by atoms with Gasteiger partial charge >= 0.3 is 0 Å². The first-order valence-corrected chi connectivity index (χ1v) is 10.8. The largest absolute Gasteiger partial charge is 0.324 e. The summed E-state index contributed by atoms with van der Waals surface area (Å²) in [5, 5.41) is 2.80. The Morgan fingerprint density at radius 3 is 2.71 bits per heavy atom. The fourth-order valence-electron chi connectivity index (χ4n) is 6.20. The fraction of sp³-hybridized carbons (Fsp3) is 0.348. The Morgan fingerprint density at radius 1 is 1.13 bits per heavy atom. The molecule has 31 heavy (non-hydrogen) atoms. The molecule has 4 aliphatic heterocycles. The van der Waals surface area contributed by atoms with E-state index in [9.17, 15) is 18.8 Å². The van der Waals surface area contributed by atoms with Crippen molar-refractivity contribution in [3.8, 4) is 0 Å². The van der Waals surface area contributed by atoms with E-state index in [4.69, 9.17) is 11.6 Å². The summed E-state index contributed by atoms with van der Waals surface area (Å²) in [5.41, 5.74) is 1.45. The number of fused-ring (bicyclic) bond motifs is 7. The van der Waals surface area contributed by atoms with Crippen molar-refractivity contribution in [2.24, 2.45) is 11.8 Å². The molecule has 0 saturated carbocycles. The number of amides is 3. The first kappa shape index (κ1) is 19.0. The Hall–Kier alpha value is -2.77. The van der Waals surface area contributed by atoms with Crippen LogP contribution < -0.4 is 10.2 Å². The molecule has 0 radical (unpaired) electrons. The fourth-order valence-corrected chi connectivity index (χ4v) is 6.37. The van der Waals surface area contributed by atoms with E-state index in [-0.39, 0.29) is 28.6 Å². The van der Waals surface area contributed by atoms with E-state index < -0.39 is 29.1 Å². The highest BCUT2D eigenvalue weighted by Crippen LogP contribution is 2.60. The third-order valence-electron chi connectivity index (χ3n) is 7.31. The highest BCUT2D eigenvalue weighted by Gasteiger charge is 2.74. The number of hydrogen-bond acceptors (Lipinski definition) is 4. The standard InChI is InChI=1S/C23H19ClFN3O3/c1-11-4-7-16-13(9-11)23(22(31)26-16)19-18(17-3-2-8-27(17)23)20(29)28(21(19)30)12-5-6-15(25)14(24)10-12/h4-7,9-10,17-19H,2-3,8H2,1H3,(H,26,31)/t17-,18-,19-,23+/m0/s1. The first-order chi connectivity index (χ1) is 14.9. The number of anilines is 2. The molecule has 3 fully saturated rings. The third kappa shape index (κ3) is 2.18. The molecule has 0 aliphatic carbocycles. The van der Waals surface area contributed by atoms with Crippen molar-refractivity contribution in [3.63, 3.8) is 0 Å². The molecule has 1 N–H and O–H groups in total. The number of aryl methyl sites for hydroxylation is 1. The summed E-state index contributed by atoms with van der Waals surface area (Å²) in [6.07, 6.45) is 1.60. The minimum Gasteiger partial charge on any atom is -0.324 e. The van der Waals surface area contributed by atoms with Gasteiger partial charge in [-0.3, -0.25) is 19.3 Å².